The van der Waals surface area contributed by atoms with Crippen molar-refractivity contribution in [3.05, 3.63) is 83.2 Å². The molecule has 184 valence electrons. The number of halogens is 1. The lowest BCUT2D eigenvalue weighted by molar-refractivity contribution is 0.0724. The van der Waals surface area contributed by atoms with Crippen LogP contribution in [0.1, 0.15) is 46.1 Å². The third-order valence-corrected chi connectivity index (χ3v) is 7.20. The highest BCUT2D eigenvalue weighted by Gasteiger charge is 2.40. The van der Waals surface area contributed by atoms with Crippen LogP contribution >= 0.6 is 0 Å². The Balaban J connectivity index is 1.26. The van der Waals surface area contributed by atoms with Gasteiger partial charge in [-0.3, -0.25) is 9.48 Å². The van der Waals surface area contributed by atoms with Gasteiger partial charge in [-0.25, -0.2) is 14.4 Å². The minimum Gasteiger partial charge on any atom is -0.378 e. The molecule has 4 unspecified atom stereocenters. The molecule has 4 atom stereocenters. The van der Waals surface area contributed by atoms with Crippen molar-refractivity contribution in [3.8, 4) is 0 Å². The monoisotopic (exact) mass is 486 g/mol. The summed E-state index contributed by atoms with van der Waals surface area (Å²) >= 11 is 0. The van der Waals surface area contributed by atoms with E-state index in [1.54, 1.807) is 49.4 Å². The van der Waals surface area contributed by atoms with E-state index < -0.39 is 6.04 Å². The zero-order valence-corrected chi connectivity index (χ0v) is 20.1. The summed E-state index contributed by atoms with van der Waals surface area (Å²) in [6.07, 6.45) is 7.66. The topological polar surface area (TPSA) is 94.0 Å². The smallest absolute Gasteiger partial charge is 0.270 e. The number of aromatic nitrogens is 4. The first-order valence-corrected chi connectivity index (χ1v) is 12.1. The number of amides is 1. The number of pyridine rings is 2. The Bertz CT molecular complexity index is 1450. The van der Waals surface area contributed by atoms with Gasteiger partial charge in [0.25, 0.3) is 5.91 Å². The molecule has 2 fully saturated rings. The van der Waals surface area contributed by atoms with E-state index in [1.165, 1.54) is 6.07 Å². The molecule has 2 bridgehead atoms. The number of hydrogen-bond acceptors (Lipinski definition) is 6. The third-order valence-electron chi connectivity index (χ3n) is 7.20. The van der Waals surface area contributed by atoms with Crippen molar-refractivity contribution in [2.45, 2.75) is 38.0 Å². The van der Waals surface area contributed by atoms with Crippen LogP contribution in [0.2, 0.25) is 0 Å². The van der Waals surface area contributed by atoms with E-state index in [4.69, 9.17) is 4.74 Å². The zero-order chi connectivity index (χ0) is 24.8. The van der Waals surface area contributed by atoms with Crippen LogP contribution in [0.15, 0.2) is 55.0 Å². The lowest BCUT2D eigenvalue weighted by Crippen LogP contribution is -2.30. The van der Waals surface area contributed by atoms with Crippen LogP contribution in [0.3, 0.4) is 0 Å². The van der Waals surface area contributed by atoms with Gasteiger partial charge >= 0.3 is 0 Å². The average molecular weight is 487 g/mol. The number of anilines is 1. The highest BCUT2D eigenvalue weighted by Crippen LogP contribution is 2.37. The van der Waals surface area contributed by atoms with Crippen LogP contribution in [0.4, 0.5) is 10.2 Å². The standard InChI is InChI=1S/C27H27FN6O2/c1-15-3-4-16(8-21(15)28)26(19-12-30-34(2)13-19)33-27(35)22-6-5-17-11-29-25(10-24(17)31-22)32-23-9-20-7-18(23)14-36-20/h3-6,8,10-13,18,20,23,26H,7,9,14H2,1-2H3,(H,29,32)(H,33,35). The molecule has 1 saturated carbocycles. The molecule has 1 aliphatic carbocycles. The molecule has 0 spiro atoms. The SMILES string of the molecule is Cc1ccc(C(NC(=O)c2ccc3cnc(NC4CC5CC4CO5)cc3n2)c2cnn(C)c2)cc1F. The van der Waals surface area contributed by atoms with Gasteiger partial charge in [0.2, 0.25) is 0 Å². The van der Waals surface area contributed by atoms with Crippen molar-refractivity contribution in [1.29, 1.82) is 0 Å². The van der Waals surface area contributed by atoms with Gasteiger partial charge in [0.05, 0.1) is 30.5 Å². The van der Waals surface area contributed by atoms with E-state index in [1.807, 2.05) is 18.2 Å². The van der Waals surface area contributed by atoms with Gasteiger partial charge in [0, 0.05) is 48.4 Å². The zero-order valence-electron chi connectivity index (χ0n) is 20.1. The molecule has 3 aromatic heterocycles. The Labute approximate surface area is 207 Å². The Morgan fingerprint density at radius 1 is 1.17 bits per heavy atom. The maximum absolute atomic E-state index is 14.4. The van der Waals surface area contributed by atoms with Crippen molar-refractivity contribution >= 4 is 22.6 Å². The van der Waals surface area contributed by atoms with Crippen LogP contribution in [0.5, 0.6) is 0 Å². The summed E-state index contributed by atoms with van der Waals surface area (Å²) in [5.41, 5.74) is 2.88. The number of carbonyl (C=O) groups excluding carboxylic acids is 1. The number of ether oxygens (including phenoxy) is 1. The minimum absolute atomic E-state index is 0.273. The van der Waals surface area contributed by atoms with Gasteiger partial charge in [0.1, 0.15) is 17.3 Å². The number of hydrogen-bond donors (Lipinski definition) is 2. The number of carbonyl (C=O) groups is 1. The molecule has 36 heavy (non-hydrogen) atoms. The molecule has 1 saturated heterocycles. The number of fused-ring (bicyclic) bond motifs is 3. The Hall–Kier alpha value is -3.85. The number of nitrogens with zero attached hydrogens (tertiary/aromatic N) is 4. The molecule has 1 amide bonds. The van der Waals surface area contributed by atoms with Gasteiger partial charge in [-0.05, 0) is 49.1 Å². The largest absolute Gasteiger partial charge is 0.378 e. The van der Waals surface area contributed by atoms with Crippen molar-refractivity contribution in [1.82, 2.24) is 25.1 Å². The molecule has 6 rings (SSSR count). The fraction of sp³-hybridized carbons (Fsp3) is 0.333. The van der Waals surface area contributed by atoms with Gasteiger partial charge in [0.15, 0.2) is 0 Å². The summed E-state index contributed by atoms with van der Waals surface area (Å²) in [6, 6.07) is 10.1. The first kappa shape index (κ1) is 22.6. The summed E-state index contributed by atoms with van der Waals surface area (Å²) in [5.74, 6) is 0.569. The summed E-state index contributed by atoms with van der Waals surface area (Å²) in [4.78, 5) is 22.5. The van der Waals surface area contributed by atoms with Gasteiger partial charge in [-0.1, -0.05) is 12.1 Å². The summed E-state index contributed by atoms with van der Waals surface area (Å²) < 4.78 is 21.7. The summed E-state index contributed by atoms with van der Waals surface area (Å²) in [7, 11) is 1.80. The van der Waals surface area contributed by atoms with Crippen molar-refractivity contribution < 1.29 is 13.9 Å². The normalized spacial score (nSPS) is 21.6. The van der Waals surface area contributed by atoms with Crippen LogP contribution in [-0.4, -0.2) is 44.4 Å². The molecular weight excluding hydrogens is 459 g/mol. The maximum Gasteiger partial charge on any atom is 0.270 e. The molecule has 1 aliphatic heterocycles. The molecule has 2 N–H and O–H groups in total. The van der Waals surface area contributed by atoms with Gasteiger partial charge in [-0.15, -0.1) is 0 Å². The van der Waals surface area contributed by atoms with E-state index in [-0.39, 0.29) is 17.4 Å². The summed E-state index contributed by atoms with van der Waals surface area (Å²) in [5, 5.41) is 11.6. The second-order valence-electron chi connectivity index (χ2n) is 9.76. The van der Waals surface area contributed by atoms with Gasteiger partial charge < -0.3 is 15.4 Å². The van der Waals surface area contributed by atoms with Crippen LogP contribution in [0.25, 0.3) is 10.9 Å². The quantitative estimate of drug-likeness (QED) is 0.429. The fourth-order valence-corrected chi connectivity index (χ4v) is 5.18. The average Bonchev–Trinajstić information content (AvgIpc) is 3.61. The maximum atomic E-state index is 14.4. The molecular formula is C27H27FN6O2. The van der Waals surface area contributed by atoms with Crippen molar-refractivity contribution in [2.24, 2.45) is 13.0 Å². The van der Waals surface area contributed by atoms with Crippen LogP contribution in [-0.2, 0) is 11.8 Å². The van der Waals surface area contributed by atoms with E-state index in [0.717, 1.165) is 36.2 Å². The third kappa shape index (κ3) is 4.30. The van der Waals surface area contributed by atoms with E-state index in [9.17, 15) is 9.18 Å². The minimum atomic E-state index is -0.575. The Morgan fingerprint density at radius 2 is 2.06 bits per heavy atom. The molecule has 4 heterocycles. The Kier molecular flexibility index (Phi) is 5.64. The van der Waals surface area contributed by atoms with E-state index in [0.29, 0.717) is 34.7 Å². The Morgan fingerprint density at radius 3 is 2.78 bits per heavy atom. The molecule has 9 heteroatoms. The number of rotatable bonds is 6. The van der Waals surface area contributed by atoms with Crippen molar-refractivity contribution in [2.75, 3.05) is 11.9 Å². The highest BCUT2D eigenvalue weighted by molar-refractivity contribution is 5.95. The highest BCUT2D eigenvalue weighted by atomic mass is 19.1. The lowest BCUT2D eigenvalue weighted by atomic mass is 9.99. The number of aryl methyl sites for hydroxylation is 2. The summed E-state index contributed by atoms with van der Waals surface area (Å²) in [6.45, 7) is 2.50. The van der Waals surface area contributed by atoms with Gasteiger partial charge in [-0.2, -0.15) is 5.10 Å². The van der Waals surface area contributed by atoms with E-state index in [2.05, 4.69) is 25.7 Å². The van der Waals surface area contributed by atoms with Crippen LogP contribution < -0.4 is 10.6 Å². The predicted octanol–water partition coefficient (Wildman–Crippen LogP) is 3.92. The second-order valence-corrected chi connectivity index (χ2v) is 9.76. The molecule has 2 aliphatic rings. The molecule has 1 aromatic carbocycles. The predicted molar refractivity (Wildman–Crippen MR) is 133 cm³/mol. The first-order chi connectivity index (χ1) is 17.4. The first-order valence-electron chi connectivity index (χ1n) is 12.1. The molecule has 0 radical (unpaired) electrons. The number of benzene rings is 1. The lowest BCUT2D eigenvalue weighted by Gasteiger charge is -2.23. The number of nitrogens with one attached hydrogen (secondary N) is 2. The second kappa shape index (κ2) is 8.98. The van der Waals surface area contributed by atoms with Crippen LogP contribution in [0, 0.1) is 18.7 Å². The molecule has 8 nitrogen and oxygen atoms in total. The van der Waals surface area contributed by atoms with E-state index >= 15 is 0 Å². The molecule has 4 aromatic rings. The fourth-order valence-electron chi connectivity index (χ4n) is 5.18. The van der Waals surface area contributed by atoms with Crippen molar-refractivity contribution in [3.63, 3.8) is 0 Å².